The number of hydrogen-bond acceptors (Lipinski definition) is 3. The fourth-order valence-corrected chi connectivity index (χ4v) is 3.05. The van der Waals surface area contributed by atoms with Gasteiger partial charge in [0.2, 0.25) is 5.91 Å². The standard InChI is InChI=1S/C20H29NO3/c1-4-13-24-18-11-9-16(14-19(18)23-3)10-12-20(22)21-17-8-6-5-7-15(17)2/h9-12,14-15,17H,4-8,13H2,1-3H3,(H,21,22)/b12-10+/t15-,17+/m0/s1. The summed E-state index contributed by atoms with van der Waals surface area (Å²) >= 11 is 0. The van der Waals surface area contributed by atoms with E-state index in [-0.39, 0.29) is 5.91 Å². The van der Waals surface area contributed by atoms with E-state index in [0.29, 0.717) is 24.3 Å². The van der Waals surface area contributed by atoms with Gasteiger partial charge in [-0.25, -0.2) is 0 Å². The van der Waals surface area contributed by atoms with Crippen LogP contribution in [0.25, 0.3) is 6.08 Å². The summed E-state index contributed by atoms with van der Waals surface area (Å²) in [5, 5.41) is 3.13. The van der Waals surface area contributed by atoms with Gasteiger partial charge in [0.1, 0.15) is 0 Å². The van der Waals surface area contributed by atoms with Crippen molar-refractivity contribution in [3.05, 3.63) is 29.8 Å². The molecule has 2 atom stereocenters. The zero-order valence-corrected chi connectivity index (χ0v) is 15.0. The maximum Gasteiger partial charge on any atom is 0.244 e. The van der Waals surface area contributed by atoms with Crippen molar-refractivity contribution in [1.82, 2.24) is 5.32 Å². The fourth-order valence-electron chi connectivity index (χ4n) is 3.05. The van der Waals surface area contributed by atoms with Gasteiger partial charge in [0.15, 0.2) is 11.5 Å². The number of amides is 1. The minimum atomic E-state index is -0.0287. The van der Waals surface area contributed by atoms with Gasteiger partial charge in [-0.15, -0.1) is 0 Å². The molecule has 4 heteroatoms. The molecule has 0 bridgehead atoms. The highest BCUT2D eigenvalue weighted by Gasteiger charge is 2.21. The molecule has 2 rings (SSSR count). The first-order valence-electron chi connectivity index (χ1n) is 8.93. The molecule has 0 heterocycles. The molecule has 0 radical (unpaired) electrons. The molecule has 0 aromatic heterocycles. The predicted octanol–water partition coefficient (Wildman–Crippen LogP) is 4.19. The average molecular weight is 331 g/mol. The first-order chi connectivity index (χ1) is 11.6. The largest absolute Gasteiger partial charge is 0.493 e. The number of methoxy groups -OCH3 is 1. The van der Waals surface area contributed by atoms with Crippen molar-refractivity contribution in [2.75, 3.05) is 13.7 Å². The van der Waals surface area contributed by atoms with Crippen LogP contribution in [-0.4, -0.2) is 25.7 Å². The molecule has 1 amide bonds. The summed E-state index contributed by atoms with van der Waals surface area (Å²) in [4.78, 5) is 12.1. The Morgan fingerprint density at radius 3 is 2.79 bits per heavy atom. The molecular formula is C20H29NO3. The summed E-state index contributed by atoms with van der Waals surface area (Å²) in [5.74, 6) is 1.95. The van der Waals surface area contributed by atoms with E-state index < -0.39 is 0 Å². The third kappa shape index (κ3) is 5.29. The molecule has 0 unspecified atom stereocenters. The van der Waals surface area contributed by atoms with Crippen LogP contribution in [-0.2, 0) is 4.79 Å². The third-order valence-corrected chi connectivity index (χ3v) is 4.52. The second-order valence-electron chi connectivity index (χ2n) is 6.47. The Morgan fingerprint density at radius 2 is 2.08 bits per heavy atom. The van der Waals surface area contributed by atoms with Gasteiger partial charge in [0, 0.05) is 12.1 Å². The topological polar surface area (TPSA) is 47.6 Å². The van der Waals surface area contributed by atoms with Crippen molar-refractivity contribution < 1.29 is 14.3 Å². The van der Waals surface area contributed by atoms with Gasteiger partial charge in [-0.3, -0.25) is 4.79 Å². The molecule has 0 aliphatic heterocycles. The van der Waals surface area contributed by atoms with Crippen molar-refractivity contribution in [3.63, 3.8) is 0 Å². The van der Waals surface area contributed by atoms with Gasteiger partial charge in [-0.05, 0) is 49.0 Å². The quantitative estimate of drug-likeness (QED) is 0.762. The Hall–Kier alpha value is -1.97. The van der Waals surface area contributed by atoms with E-state index in [4.69, 9.17) is 9.47 Å². The van der Waals surface area contributed by atoms with Crippen LogP contribution < -0.4 is 14.8 Å². The molecular weight excluding hydrogens is 302 g/mol. The number of ether oxygens (including phenoxy) is 2. The summed E-state index contributed by atoms with van der Waals surface area (Å²) in [5.41, 5.74) is 0.919. The van der Waals surface area contributed by atoms with Gasteiger partial charge >= 0.3 is 0 Å². The number of hydrogen-bond donors (Lipinski definition) is 1. The smallest absolute Gasteiger partial charge is 0.244 e. The minimum absolute atomic E-state index is 0.0287. The van der Waals surface area contributed by atoms with Crippen LogP contribution in [0.15, 0.2) is 24.3 Å². The molecule has 24 heavy (non-hydrogen) atoms. The van der Waals surface area contributed by atoms with E-state index in [0.717, 1.165) is 24.2 Å². The molecule has 1 aliphatic rings. The Labute approximate surface area is 145 Å². The molecule has 4 nitrogen and oxygen atoms in total. The zero-order chi connectivity index (χ0) is 17.4. The van der Waals surface area contributed by atoms with Crippen LogP contribution in [0.1, 0.15) is 51.5 Å². The summed E-state index contributed by atoms with van der Waals surface area (Å²) < 4.78 is 11.0. The van der Waals surface area contributed by atoms with Gasteiger partial charge in [-0.2, -0.15) is 0 Å². The molecule has 1 aromatic carbocycles. The third-order valence-electron chi connectivity index (χ3n) is 4.52. The van der Waals surface area contributed by atoms with Gasteiger partial charge in [0.25, 0.3) is 0 Å². The second kappa shape index (κ2) is 9.36. The highest BCUT2D eigenvalue weighted by Crippen LogP contribution is 2.28. The average Bonchev–Trinajstić information content (AvgIpc) is 2.60. The second-order valence-corrected chi connectivity index (χ2v) is 6.47. The summed E-state index contributed by atoms with van der Waals surface area (Å²) in [6.45, 7) is 4.94. The number of benzene rings is 1. The molecule has 0 spiro atoms. The SMILES string of the molecule is CCCOc1ccc(/C=C/C(=O)N[C@@H]2CCCC[C@@H]2C)cc1OC. The summed E-state index contributed by atoms with van der Waals surface area (Å²) in [7, 11) is 1.62. The normalized spacial score (nSPS) is 20.8. The molecule has 1 N–H and O–H groups in total. The highest BCUT2D eigenvalue weighted by molar-refractivity contribution is 5.92. The van der Waals surface area contributed by atoms with Gasteiger partial charge < -0.3 is 14.8 Å². The van der Waals surface area contributed by atoms with E-state index in [1.165, 1.54) is 19.3 Å². The number of carbonyl (C=O) groups excluding carboxylic acids is 1. The maximum absolute atomic E-state index is 12.1. The van der Waals surface area contributed by atoms with E-state index >= 15 is 0 Å². The van der Waals surface area contributed by atoms with E-state index in [2.05, 4.69) is 19.2 Å². The summed E-state index contributed by atoms with van der Waals surface area (Å²) in [6, 6.07) is 6.00. The zero-order valence-electron chi connectivity index (χ0n) is 15.0. The van der Waals surface area contributed by atoms with Crippen LogP contribution in [0.5, 0.6) is 11.5 Å². The molecule has 1 aromatic rings. The first kappa shape index (κ1) is 18.4. The van der Waals surface area contributed by atoms with Crippen LogP contribution in [0.2, 0.25) is 0 Å². The number of nitrogens with one attached hydrogen (secondary N) is 1. The maximum atomic E-state index is 12.1. The predicted molar refractivity (Wildman–Crippen MR) is 97.4 cm³/mol. The minimum Gasteiger partial charge on any atom is -0.493 e. The Bertz CT molecular complexity index is 568. The first-order valence-corrected chi connectivity index (χ1v) is 8.93. The van der Waals surface area contributed by atoms with Crippen LogP contribution in [0.3, 0.4) is 0 Å². The van der Waals surface area contributed by atoms with Crippen LogP contribution in [0.4, 0.5) is 0 Å². The molecule has 1 saturated carbocycles. The van der Waals surface area contributed by atoms with Crippen molar-refractivity contribution in [2.24, 2.45) is 5.92 Å². The molecule has 1 aliphatic carbocycles. The monoisotopic (exact) mass is 331 g/mol. The number of carbonyl (C=O) groups is 1. The molecule has 0 saturated heterocycles. The van der Waals surface area contributed by atoms with Crippen molar-refractivity contribution in [1.29, 1.82) is 0 Å². The van der Waals surface area contributed by atoms with Gasteiger partial charge in [-0.1, -0.05) is 32.8 Å². The lowest BCUT2D eigenvalue weighted by atomic mass is 9.86. The van der Waals surface area contributed by atoms with E-state index in [9.17, 15) is 4.79 Å². The lowest BCUT2D eigenvalue weighted by Gasteiger charge is -2.29. The van der Waals surface area contributed by atoms with E-state index in [1.807, 2.05) is 24.3 Å². The van der Waals surface area contributed by atoms with Crippen molar-refractivity contribution >= 4 is 12.0 Å². The summed E-state index contributed by atoms with van der Waals surface area (Å²) in [6.07, 6.45) is 9.12. The van der Waals surface area contributed by atoms with Crippen molar-refractivity contribution in [3.8, 4) is 11.5 Å². The Kier molecular flexibility index (Phi) is 7.16. The van der Waals surface area contributed by atoms with Crippen molar-refractivity contribution in [2.45, 2.75) is 52.0 Å². The molecule has 132 valence electrons. The highest BCUT2D eigenvalue weighted by atomic mass is 16.5. The molecule has 1 fully saturated rings. The number of rotatable bonds is 7. The lowest BCUT2D eigenvalue weighted by molar-refractivity contribution is -0.117. The fraction of sp³-hybridized carbons (Fsp3) is 0.550. The van der Waals surface area contributed by atoms with Crippen LogP contribution >= 0.6 is 0 Å². The van der Waals surface area contributed by atoms with Crippen LogP contribution in [0, 0.1) is 5.92 Å². The lowest BCUT2D eigenvalue weighted by Crippen LogP contribution is -2.40. The van der Waals surface area contributed by atoms with Gasteiger partial charge in [0.05, 0.1) is 13.7 Å². The Balaban J connectivity index is 1.96. The Morgan fingerprint density at radius 1 is 1.29 bits per heavy atom. The van der Waals surface area contributed by atoms with E-state index in [1.54, 1.807) is 13.2 Å².